The topological polar surface area (TPSA) is 80.5 Å². The lowest BCUT2D eigenvalue weighted by Gasteiger charge is -2.10. The molecule has 3 heterocycles. The minimum atomic E-state index is -0.209. The lowest BCUT2D eigenvalue weighted by atomic mass is 10.1. The zero-order chi connectivity index (χ0) is 18.8. The Hall–Kier alpha value is -2.45. The van der Waals surface area contributed by atoms with Gasteiger partial charge in [-0.05, 0) is 45.0 Å². The van der Waals surface area contributed by atoms with Crippen LogP contribution in [0.15, 0.2) is 28.9 Å². The molecule has 0 radical (unpaired) electrons. The number of amides is 1. The third-order valence-electron chi connectivity index (χ3n) is 4.65. The Bertz CT molecular complexity index is 951. The van der Waals surface area contributed by atoms with Gasteiger partial charge in [0.2, 0.25) is 5.89 Å². The summed E-state index contributed by atoms with van der Waals surface area (Å²) in [7, 11) is 2.10. The van der Waals surface area contributed by atoms with Crippen LogP contribution < -0.4 is 10.1 Å². The molecule has 1 unspecified atom stereocenters. The third-order valence-corrected chi connectivity index (χ3v) is 5.60. The molecular weight excluding hydrogens is 364 g/mol. The molecule has 0 aliphatic carbocycles. The fourth-order valence-corrected chi connectivity index (χ4v) is 4.07. The smallest absolute Gasteiger partial charge is 0.273 e. The second-order valence-electron chi connectivity index (χ2n) is 6.90. The summed E-state index contributed by atoms with van der Waals surface area (Å²) in [5, 5.41) is 3.96. The lowest BCUT2D eigenvalue weighted by Crippen LogP contribution is -2.30. The van der Waals surface area contributed by atoms with Crippen molar-refractivity contribution in [2.75, 3.05) is 26.7 Å². The number of ether oxygens (including phenoxy) is 1. The summed E-state index contributed by atoms with van der Waals surface area (Å²) in [4.78, 5) is 23.2. The maximum absolute atomic E-state index is 12.2. The second-order valence-corrected chi connectivity index (χ2v) is 8.14. The number of nitrogens with one attached hydrogen (secondary N) is 1. The van der Waals surface area contributed by atoms with Crippen LogP contribution in [0.1, 0.15) is 27.8 Å². The number of thiazole rings is 1. The SMILES string of the molecule is Cc1nc2cc(OCc3nc(C(=O)NCC4CCN(C)C4)co3)ccc2s1. The standard InChI is InChI=1S/C19H22N4O3S/c1-12-21-15-7-14(3-4-17(15)27-12)25-11-18-22-16(10-26-18)19(24)20-8-13-5-6-23(2)9-13/h3-4,7,10,13H,5-6,8-9,11H2,1-2H3,(H,20,24). The predicted molar refractivity (Wildman–Crippen MR) is 103 cm³/mol. The van der Waals surface area contributed by atoms with Crippen LogP contribution >= 0.6 is 11.3 Å². The van der Waals surface area contributed by atoms with E-state index in [1.54, 1.807) is 11.3 Å². The lowest BCUT2D eigenvalue weighted by molar-refractivity contribution is 0.0942. The molecule has 0 bridgehead atoms. The number of fused-ring (bicyclic) bond motifs is 1. The first kappa shape index (κ1) is 17.9. The average molecular weight is 386 g/mol. The van der Waals surface area contributed by atoms with Gasteiger partial charge in [-0.3, -0.25) is 4.79 Å². The van der Waals surface area contributed by atoms with Crippen LogP contribution in [-0.2, 0) is 6.61 Å². The summed E-state index contributed by atoms with van der Waals surface area (Å²) < 4.78 is 12.2. The summed E-state index contributed by atoms with van der Waals surface area (Å²) in [6, 6.07) is 5.79. The molecule has 1 aliphatic rings. The molecule has 1 aliphatic heterocycles. The van der Waals surface area contributed by atoms with Gasteiger partial charge in [0, 0.05) is 19.2 Å². The molecule has 1 atom stereocenters. The van der Waals surface area contributed by atoms with E-state index in [-0.39, 0.29) is 18.2 Å². The number of oxazole rings is 1. The molecule has 1 saturated heterocycles. The summed E-state index contributed by atoms with van der Waals surface area (Å²) >= 11 is 1.65. The Kier molecular flexibility index (Phi) is 5.09. The highest BCUT2D eigenvalue weighted by atomic mass is 32.1. The molecule has 1 aromatic carbocycles. The molecule has 4 rings (SSSR count). The highest BCUT2D eigenvalue weighted by Crippen LogP contribution is 2.26. The number of carbonyl (C=O) groups is 1. The highest BCUT2D eigenvalue weighted by molar-refractivity contribution is 7.18. The molecule has 7 nitrogen and oxygen atoms in total. The number of nitrogens with zero attached hydrogens (tertiary/aromatic N) is 3. The molecule has 0 spiro atoms. The zero-order valence-corrected chi connectivity index (χ0v) is 16.2. The molecular formula is C19H22N4O3S. The molecule has 142 valence electrons. The number of aryl methyl sites for hydroxylation is 1. The Labute approximate surface area is 161 Å². The van der Waals surface area contributed by atoms with Crippen molar-refractivity contribution >= 4 is 27.5 Å². The molecule has 2 aromatic heterocycles. The van der Waals surface area contributed by atoms with E-state index in [1.807, 2.05) is 25.1 Å². The van der Waals surface area contributed by atoms with Gasteiger partial charge in [0.1, 0.15) is 12.0 Å². The monoisotopic (exact) mass is 386 g/mol. The Morgan fingerprint density at radius 2 is 2.33 bits per heavy atom. The Balaban J connectivity index is 1.31. The van der Waals surface area contributed by atoms with Crippen LogP contribution in [0.5, 0.6) is 5.75 Å². The van der Waals surface area contributed by atoms with Crippen molar-refractivity contribution in [2.24, 2.45) is 5.92 Å². The number of carbonyl (C=O) groups excluding carboxylic acids is 1. The normalized spacial score (nSPS) is 17.5. The fourth-order valence-electron chi connectivity index (χ4n) is 3.26. The van der Waals surface area contributed by atoms with E-state index in [1.165, 1.54) is 6.26 Å². The van der Waals surface area contributed by atoms with Crippen LogP contribution in [-0.4, -0.2) is 47.5 Å². The van der Waals surface area contributed by atoms with Crippen LogP contribution in [0.25, 0.3) is 10.2 Å². The number of aromatic nitrogens is 2. The first-order valence-corrected chi connectivity index (χ1v) is 9.79. The van der Waals surface area contributed by atoms with E-state index in [0.29, 0.717) is 24.1 Å². The summed E-state index contributed by atoms with van der Waals surface area (Å²) in [6.45, 7) is 4.90. The van der Waals surface area contributed by atoms with Crippen molar-refractivity contribution in [1.29, 1.82) is 0 Å². The van der Waals surface area contributed by atoms with Gasteiger partial charge in [0.25, 0.3) is 5.91 Å². The van der Waals surface area contributed by atoms with Crippen LogP contribution in [0.2, 0.25) is 0 Å². The highest BCUT2D eigenvalue weighted by Gasteiger charge is 2.21. The number of benzene rings is 1. The number of likely N-dealkylation sites (tertiary alicyclic amines) is 1. The van der Waals surface area contributed by atoms with Crippen molar-refractivity contribution in [1.82, 2.24) is 20.2 Å². The van der Waals surface area contributed by atoms with E-state index >= 15 is 0 Å². The second kappa shape index (κ2) is 7.66. The molecule has 8 heteroatoms. The molecule has 1 fully saturated rings. The summed E-state index contributed by atoms with van der Waals surface area (Å²) in [5.41, 5.74) is 1.20. The van der Waals surface area contributed by atoms with Crippen LogP contribution in [0, 0.1) is 12.8 Å². The molecule has 1 N–H and O–H groups in total. The predicted octanol–water partition coefficient (Wildman–Crippen LogP) is 2.85. The van der Waals surface area contributed by atoms with Gasteiger partial charge in [-0.1, -0.05) is 0 Å². The van der Waals surface area contributed by atoms with E-state index in [4.69, 9.17) is 9.15 Å². The van der Waals surface area contributed by atoms with E-state index < -0.39 is 0 Å². The van der Waals surface area contributed by atoms with Gasteiger partial charge in [-0.25, -0.2) is 9.97 Å². The molecule has 3 aromatic rings. The first-order chi connectivity index (χ1) is 13.1. The van der Waals surface area contributed by atoms with Gasteiger partial charge in [0.15, 0.2) is 12.3 Å². The zero-order valence-electron chi connectivity index (χ0n) is 15.4. The Morgan fingerprint density at radius 1 is 1.44 bits per heavy atom. The largest absolute Gasteiger partial charge is 0.484 e. The van der Waals surface area contributed by atoms with Gasteiger partial charge < -0.3 is 19.4 Å². The van der Waals surface area contributed by atoms with Gasteiger partial charge in [-0.15, -0.1) is 11.3 Å². The van der Waals surface area contributed by atoms with Crippen LogP contribution in [0.4, 0.5) is 0 Å². The average Bonchev–Trinajstić information content (AvgIpc) is 3.36. The van der Waals surface area contributed by atoms with Crippen molar-refractivity contribution in [3.63, 3.8) is 0 Å². The number of hydrogen-bond acceptors (Lipinski definition) is 7. The van der Waals surface area contributed by atoms with Gasteiger partial charge in [0.05, 0.1) is 15.2 Å². The maximum atomic E-state index is 12.2. The van der Waals surface area contributed by atoms with E-state index in [9.17, 15) is 4.79 Å². The molecule has 27 heavy (non-hydrogen) atoms. The van der Waals surface area contributed by atoms with E-state index in [2.05, 4.69) is 27.2 Å². The summed E-state index contributed by atoms with van der Waals surface area (Å²) in [6.07, 6.45) is 2.49. The number of hydrogen-bond donors (Lipinski definition) is 1. The van der Waals surface area contributed by atoms with Gasteiger partial charge in [-0.2, -0.15) is 0 Å². The van der Waals surface area contributed by atoms with Crippen molar-refractivity contribution in [3.8, 4) is 5.75 Å². The Morgan fingerprint density at radius 3 is 3.15 bits per heavy atom. The summed E-state index contributed by atoms with van der Waals surface area (Å²) in [5.74, 6) is 1.36. The molecule has 0 saturated carbocycles. The van der Waals surface area contributed by atoms with Crippen LogP contribution in [0.3, 0.4) is 0 Å². The number of rotatable bonds is 6. The van der Waals surface area contributed by atoms with Crippen molar-refractivity contribution < 1.29 is 13.9 Å². The van der Waals surface area contributed by atoms with Crippen molar-refractivity contribution in [3.05, 3.63) is 41.1 Å². The van der Waals surface area contributed by atoms with Crippen molar-refractivity contribution in [2.45, 2.75) is 20.0 Å². The first-order valence-electron chi connectivity index (χ1n) is 8.98. The van der Waals surface area contributed by atoms with E-state index in [0.717, 1.165) is 34.7 Å². The fraction of sp³-hybridized carbons (Fsp3) is 0.421. The minimum absolute atomic E-state index is 0.162. The molecule has 1 amide bonds. The van der Waals surface area contributed by atoms with Gasteiger partial charge >= 0.3 is 0 Å². The minimum Gasteiger partial charge on any atom is -0.484 e. The maximum Gasteiger partial charge on any atom is 0.273 e. The quantitative estimate of drug-likeness (QED) is 0.702. The third kappa shape index (κ3) is 4.28.